The van der Waals surface area contributed by atoms with Crippen LogP contribution in [-0.4, -0.2) is 37.8 Å². The lowest BCUT2D eigenvalue weighted by Gasteiger charge is -2.32. The van der Waals surface area contributed by atoms with Crippen LogP contribution in [0.1, 0.15) is 53.1 Å². The molecule has 4 heteroatoms. The van der Waals surface area contributed by atoms with Gasteiger partial charge in [0, 0.05) is 22.1 Å². The van der Waals surface area contributed by atoms with Gasteiger partial charge in [-0.3, -0.25) is 9.69 Å². The van der Waals surface area contributed by atoms with Crippen molar-refractivity contribution < 1.29 is 26.6 Å². The summed E-state index contributed by atoms with van der Waals surface area (Å²) in [5, 5.41) is 0. The molecule has 0 radical (unpaired) electrons. The summed E-state index contributed by atoms with van der Waals surface area (Å²) in [6.45, 7) is 2.31. The third kappa shape index (κ3) is 3.93. The maximum atomic E-state index is 13.4. The van der Waals surface area contributed by atoms with Gasteiger partial charge in [-0.15, -0.1) is 0 Å². The van der Waals surface area contributed by atoms with E-state index in [1.807, 2.05) is 18.2 Å². The van der Waals surface area contributed by atoms with Crippen molar-refractivity contribution in [2.45, 2.75) is 32.2 Å². The summed E-state index contributed by atoms with van der Waals surface area (Å²) in [6, 6.07) is 12.0. The summed E-state index contributed by atoms with van der Waals surface area (Å²) in [7, 11) is -5.93. The first kappa shape index (κ1) is 11.0. The highest BCUT2D eigenvalue weighted by Crippen LogP contribution is 2.39. The van der Waals surface area contributed by atoms with E-state index in [0.29, 0.717) is 12.8 Å². The molecule has 1 saturated heterocycles. The number of piperidine rings is 1. The van der Waals surface area contributed by atoms with Gasteiger partial charge in [-0.25, -0.2) is 0 Å². The van der Waals surface area contributed by atoms with Crippen LogP contribution in [0.4, 0.5) is 0 Å². The van der Waals surface area contributed by atoms with Crippen molar-refractivity contribution in [1.29, 1.82) is 0 Å². The third-order valence-electron chi connectivity index (χ3n) is 5.56. The highest BCUT2D eigenvalue weighted by molar-refractivity contribution is 6.02. The normalized spacial score (nSPS) is 30.3. The summed E-state index contributed by atoms with van der Waals surface area (Å²) in [6.07, 6.45) is -1.06. The van der Waals surface area contributed by atoms with Gasteiger partial charge >= 0.3 is 0 Å². The Labute approximate surface area is 180 Å². The number of nitrogens with zero attached hydrogens (tertiary/aromatic N) is 1. The van der Waals surface area contributed by atoms with Crippen LogP contribution in [0.5, 0.6) is 11.5 Å². The fraction of sp³-hybridized carbons (Fsp3) is 0.458. The average molecular weight is 389 g/mol. The van der Waals surface area contributed by atoms with E-state index >= 15 is 0 Å². The topological polar surface area (TPSA) is 38.8 Å². The Bertz CT molecular complexity index is 1140. The number of fused-ring (bicyclic) bond motifs is 1. The van der Waals surface area contributed by atoms with Crippen molar-refractivity contribution in [2.75, 3.05) is 27.2 Å². The first-order chi connectivity index (χ1) is 17.1. The van der Waals surface area contributed by atoms with E-state index < -0.39 is 43.6 Å². The van der Waals surface area contributed by atoms with Crippen LogP contribution in [0.15, 0.2) is 42.5 Å². The molecule has 148 valence electrons. The molecule has 0 N–H and O–H groups in total. The number of benzene rings is 2. The number of hydrogen-bond donors (Lipinski definition) is 0. The Morgan fingerprint density at radius 3 is 2.57 bits per heavy atom. The van der Waals surface area contributed by atoms with Gasteiger partial charge in [-0.1, -0.05) is 30.3 Å². The first-order valence-electron chi connectivity index (χ1n) is 14.0. The summed E-state index contributed by atoms with van der Waals surface area (Å²) < 4.78 is 80.5. The molecule has 1 aliphatic carbocycles. The lowest BCUT2D eigenvalue weighted by atomic mass is 9.85. The van der Waals surface area contributed by atoms with Crippen LogP contribution < -0.4 is 9.47 Å². The Hall–Kier alpha value is -2.33. The molecule has 1 unspecified atom stereocenters. The van der Waals surface area contributed by atoms with Crippen molar-refractivity contribution in [3.05, 3.63) is 59.2 Å². The van der Waals surface area contributed by atoms with Gasteiger partial charge < -0.3 is 9.47 Å². The predicted molar refractivity (Wildman–Crippen MR) is 110 cm³/mol. The van der Waals surface area contributed by atoms with E-state index in [4.69, 9.17) is 21.8 Å². The maximum absolute atomic E-state index is 13.4. The van der Waals surface area contributed by atoms with Gasteiger partial charge in [0.1, 0.15) is 0 Å². The summed E-state index contributed by atoms with van der Waals surface area (Å²) in [5.74, 6) is -4.04. The first-order valence-corrected chi connectivity index (χ1v) is 9.47. The second-order valence-electron chi connectivity index (χ2n) is 7.39. The van der Waals surface area contributed by atoms with Crippen LogP contribution in [0.25, 0.3) is 0 Å². The van der Waals surface area contributed by atoms with Crippen molar-refractivity contribution in [1.82, 2.24) is 4.90 Å². The van der Waals surface area contributed by atoms with E-state index in [-0.39, 0.29) is 23.5 Å². The molecule has 1 atom stereocenters. The molecule has 1 heterocycles. The zero-order valence-electron chi connectivity index (χ0n) is 24.5. The Morgan fingerprint density at radius 2 is 1.86 bits per heavy atom. The lowest BCUT2D eigenvalue weighted by molar-refractivity contribution is 0.0895. The molecule has 0 amide bonds. The van der Waals surface area contributed by atoms with E-state index in [0.717, 1.165) is 31.8 Å². The van der Waals surface area contributed by atoms with Gasteiger partial charge in [0.15, 0.2) is 17.3 Å². The quantitative estimate of drug-likeness (QED) is 0.737. The van der Waals surface area contributed by atoms with Gasteiger partial charge in [-0.05, 0) is 67.9 Å². The van der Waals surface area contributed by atoms with Crippen molar-refractivity contribution in [2.24, 2.45) is 11.8 Å². The van der Waals surface area contributed by atoms with Gasteiger partial charge in [0.25, 0.3) is 0 Å². The molecular weight excluding hydrogens is 350 g/mol. The molecule has 1 aliphatic heterocycles. The molecule has 1 fully saturated rings. The largest absolute Gasteiger partial charge is 0.493 e. The van der Waals surface area contributed by atoms with Crippen LogP contribution >= 0.6 is 0 Å². The fourth-order valence-electron chi connectivity index (χ4n) is 4.02. The SMILES string of the molecule is [2H]C([2H])([2H])Oc1cc2c(cc1OC([2H])([2H])[2H])C([2H])([2H])C([2H])(CC1CCN(Cc3ccccc3)CC1)C2=O. The zero-order valence-corrected chi connectivity index (χ0v) is 15.5. The van der Waals surface area contributed by atoms with Crippen LogP contribution in [0.2, 0.25) is 0 Å². The van der Waals surface area contributed by atoms with Crippen LogP contribution in [0, 0.1) is 11.8 Å². The minimum atomic E-state index is -2.97. The molecule has 0 saturated carbocycles. The lowest BCUT2D eigenvalue weighted by Crippen LogP contribution is -2.34. The fourth-order valence-corrected chi connectivity index (χ4v) is 4.02. The second kappa shape index (κ2) is 8.36. The van der Waals surface area contributed by atoms with Crippen molar-refractivity contribution in [3.8, 4) is 11.5 Å². The smallest absolute Gasteiger partial charge is 0.166 e. The number of likely N-dealkylation sites (tertiary alicyclic amines) is 1. The number of carbonyl (C=O) groups is 1. The highest BCUT2D eigenvalue weighted by Gasteiger charge is 2.34. The van der Waals surface area contributed by atoms with Gasteiger partial charge in [-0.2, -0.15) is 0 Å². The van der Waals surface area contributed by atoms with E-state index in [1.165, 1.54) is 5.56 Å². The van der Waals surface area contributed by atoms with Crippen molar-refractivity contribution in [3.63, 3.8) is 0 Å². The molecule has 0 spiro atoms. The minimum absolute atomic E-state index is 0.0163. The molecule has 2 aromatic rings. The maximum Gasteiger partial charge on any atom is 0.166 e. The van der Waals surface area contributed by atoms with Crippen LogP contribution in [0.3, 0.4) is 0 Å². The monoisotopic (exact) mass is 388 g/mol. The molecule has 4 rings (SSSR count). The number of carbonyl (C=O) groups excluding carboxylic acids is 1. The molecular formula is C24H29NO3. The summed E-state index contributed by atoms with van der Waals surface area (Å²) >= 11 is 0. The number of ether oxygens (including phenoxy) is 2. The second-order valence-corrected chi connectivity index (χ2v) is 7.39. The standard InChI is InChI=1S/C24H29NO3/c1-27-22-14-19-13-20(24(26)21(19)15-23(22)28-2)12-17-8-10-25(11-9-17)16-18-6-4-3-5-7-18/h3-7,14-15,17,20H,8-13,16H2,1-2H3/i1D3,2D3,13D2,20D. The van der Waals surface area contributed by atoms with Gasteiger partial charge in [0.2, 0.25) is 0 Å². The minimum Gasteiger partial charge on any atom is -0.493 e. The van der Waals surface area contributed by atoms with Crippen molar-refractivity contribution >= 4 is 5.78 Å². The Kier molecular flexibility index (Phi) is 3.29. The molecule has 0 aromatic heterocycles. The summed E-state index contributed by atoms with van der Waals surface area (Å²) in [4.78, 5) is 15.7. The van der Waals surface area contributed by atoms with E-state index in [9.17, 15) is 4.79 Å². The number of methoxy groups -OCH3 is 2. The predicted octanol–water partition coefficient (Wildman–Crippen LogP) is 4.36. The number of hydrogen-bond acceptors (Lipinski definition) is 4. The molecule has 0 bridgehead atoms. The highest BCUT2D eigenvalue weighted by atomic mass is 16.5. The van der Waals surface area contributed by atoms with E-state index in [1.54, 1.807) is 0 Å². The average Bonchev–Trinajstić information content (AvgIpc) is 2.92. The molecule has 2 aromatic carbocycles. The van der Waals surface area contributed by atoms with E-state index in [2.05, 4.69) is 17.0 Å². The van der Waals surface area contributed by atoms with Gasteiger partial charge in [0.05, 0.1) is 22.3 Å². The Balaban J connectivity index is 1.56. The number of Topliss-reactive ketones (excluding diaryl/α,β-unsaturated/α-hetero) is 1. The summed E-state index contributed by atoms with van der Waals surface area (Å²) in [5.41, 5.74) is 0.797. The Morgan fingerprint density at radius 1 is 1.14 bits per heavy atom. The molecule has 28 heavy (non-hydrogen) atoms. The van der Waals surface area contributed by atoms with Crippen LogP contribution in [-0.2, 0) is 12.9 Å². The zero-order chi connectivity index (χ0) is 27.2. The third-order valence-corrected chi connectivity index (χ3v) is 5.56. The molecule has 4 nitrogen and oxygen atoms in total. The molecule has 2 aliphatic rings. The number of rotatable bonds is 6. The number of ketones is 1.